The lowest BCUT2D eigenvalue weighted by Crippen LogP contribution is -2.38. The highest BCUT2D eigenvalue weighted by atomic mass is 35.5. The summed E-state index contributed by atoms with van der Waals surface area (Å²) in [5.41, 5.74) is 2.74. The number of carbonyl (C=O) groups is 1. The second kappa shape index (κ2) is 10.3. The highest BCUT2D eigenvalue weighted by Gasteiger charge is 2.20. The summed E-state index contributed by atoms with van der Waals surface area (Å²) in [6.45, 7) is 3.00. The van der Waals surface area contributed by atoms with Gasteiger partial charge in [0.05, 0.1) is 16.3 Å². The van der Waals surface area contributed by atoms with Gasteiger partial charge in [0.2, 0.25) is 0 Å². The molecule has 3 aromatic rings. The summed E-state index contributed by atoms with van der Waals surface area (Å²) < 4.78 is 13.5. The van der Waals surface area contributed by atoms with Crippen LogP contribution in [0.5, 0.6) is 0 Å². The number of hydrogen-bond donors (Lipinski definition) is 2. The molecule has 1 fully saturated rings. The first kappa shape index (κ1) is 22.5. The third-order valence-corrected chi connectivity index (χ3v) is 6.07. The topological polar surface area (TPSA) is 57.3 Å². The van der Waals surface area contributed by atoms with E-state index in [4.69, 9.17) is 23.2 Å². The third kappa shape index (κ3) is 5.76. The number of halogens is 3. The molecule has 0 saturated carbocycles. The van der Waals surface area contributed by atoms with Crippen molar-refractivity contribution in [3.05, 3.63) is 87.9 Å². The van der Waals surface area contributed by atoms with Crippen molar-refractivity contribution in [3.63, 3.8) is 0 Å². The van der Waals surface area contributed by atoms with Crippen molar-refractivity contribution in [1.29, 1.82) is 0 Å². The van der Waals surface area contributed by atoms with Crippen molar-refractivity contribution < 1.29 is 9.18 Å². The molecule has 0 bridgehead atoms. The van der Waals surface area contributed by atoms with Crippen LogP contribution in [0.2, 0.25) is 10.2 Å². The minimum Gasteiger partial charge on any atom is -0.381 e. The predicted octanol–water partition coefficient (Wildman–Crippen LogP) is 5.86. The first-order chi connectivity index (χ1) is 15.5. The van der Waals surface area contributed by atoms with Gasteiger partial charge in [0, 0.05) is 37.6 Å². The average molecular weight is 473 g/mol. The van der Waals surface area contributed by atoms with Crippen LogP contribution in [0.1, 0.15) is 28.8 Å². The Kier molecular flexibility index (Phi) is 7.25. The third-order valence-electron chi connectivity index (χ3n) is 5.48. The summed E-state index contributed by atoms with van der Waals surface area (Å²) in [5.74, 6) is -1.23. The van der Waals surface area contributed by atoms with E-state index < -0.39 is 11.7 Å². The smallest absolute Gasteiger partial charge is 0.257 e. The summed E-state index contributed by atoms with van der Waals surface area (Å²) in [6, 6.07) is 17.2. The van der Waals surface area contributed by atoms with Gasteiger partial charge in [-0.1, -0.05) is 53.5 Å². The maximum absolute atomic E-state index is 13.5. The zero-order valence-electron chi connectivity index (χ0n) is 17.3. The van der Waals surface area contributed by atoms with Crippen molar-refractivity contribution in [2.75, 3.05) is 23.7 Å². The fraction of sp³-hybridized carbons (Fsp3) is 0.250. The second-order valence-electron chi connectivity index (χ2n) is 7.83. The van der Waals surface area contributed by atoms with E-state index >= 15 is 0 Å². The number of amides is 1. The van der Waals surface area contributed by atoms with Gasteiger partial charge in [-0.2, -0.15) is 0 Å². The molecule has 0 atom stereocenters. The van der Waals surface area contributed by atoms with Crippen LogP contribution in [0.25, 0.3) is 0 Å². The number of pyridine rings is 1. The van der Waals surface area contributed by atoms with Gasteiger partial charge in [-0.3, -0.25) is 9.69 Å². The molecule has 4 rings (SSSR count). The Hall–Kier alpha value is -2.67. The van der Waals surface area contributed by atoms with E-state index in [0.29, 0.717) is 16.8 Å². The van der Waals surface area contributed by atoms with Crippen LogP contribution in [-0.2, 0) is 6.54 Å². The van der Waals surface area contributed by atoms with Crippen molar-refractivity contribution in [2.45, 2.75) is 25.4 Å². The molecule has 0 aliphatic carbocycles. The lowest BCUT2D eigenvalue weighted by molar-refractivity contribution is 0.102. The first-order valence-electron chi connectivity index (χ1n) is 10.4. The van der Waals surface area contributed by atoms with E-state index in [0.717, 1.165) is 44.2 Å². The molecule has 1 aromatic heterocycles. The summed E-state index contributed by atoms with van der Waals surface area (Å²) in [4.78, 5) is 18.4. The van der Waals surface area contributed by atoms with Gasteiger partial charge in [-0.05, 0) is 42.7 Å². The fourth-order valence-corrected chi connectivity index (χ4v) is 4.09. The van der Waals surface area contributed by atoms with Gasteiger partial charge in [0.15, 0.2) is 11.0 Å². The Balaban J connectivity index is 1.31. The molecule has 32 heavy (non-hydrogen) atoms. The standard InChI is InChI=1S/C24H23Cl2FN4O/c25-20-13-19(30-24(32)17-12-21(27)23(26)28-14-17)6-7-22(20)29-18-8-10-31(11-9-18)15-16-4-2-1-3-5-16/h1-7,12-14,18,29H,8-11,15H2,(H,30,32). The highest BCUT2D eigenvalue weighted by Crippen LogP contribution is 2.28. The summed E-state index contributed by atoms with van der Waals surface area (Å²) >= 11 is 12.0. The number of likely N-dealkylation sites (tertiary alicyclic amines) is 1. The molecule has 0 unspecified atom stereocenters. The highest BCUT2D eigenvalue weighted by molar-refractivity contribution is 6.33. The van der Waals surface area contributed by atoms with Gasteiger partial charge in [0.25, 0.3) is 5.91 Å². The van der Waals surface area contributed by atoms with Crippen molar-refractivity contribution in [3.8, 4) is 0 Å². The molecular formula is C24H23Cl2FN4O. The number of carbonyl (C=O) groups excluding carboxylic acids is 1. The van der Waals surface area contributed by atoms with Crippen LogP contribution in [0, 0.1) is 5.82 Å². The minimum atomic E-state index is -0.744. The zero-order chi connectivity index (χ0) is 22.5. The number of benzene rings is 2. The average Bonchev–Trinajstić information content (AvgIpc) is 2.79. The number of piperidine rings is 1. The molecule has 1 saturated heterocycles. The Labute approximate surface area is 196 Å². The number of hydrogen-bond acceptors (Lipinski definition) is 4. The van der Waals surface area contributed by atoms with Gasteiger partial charge < -0.3 is 10.6 Å². The minimum absolute atomic E-state index is 0.0764. The number of rotatable bonds is 6. The Morgan fingerprint density at radius 1 is 1.09 bits per heavy atom. The van der Waals surface area contributed by atoms with Crippen LogP contribution < -0.4 is 10.6 Å². The quantitative estimate of drug-likeness (QED) is 0.441. The second-order valence-corrected chi connectivity index (χ2v) is 8.59. The van der Waals surface area contributed by atoms with Gasteiger partial charge >= 0.3 is 0 Å². The van der Waals surface area contributed by atoms with Gasteiger partial charge in [-0.15, -0.1) is 0 Å². The molecule has 1 aliphatic rings. The van der Waals surface area contributed by atoms with Crippen molar-refractivity contribution in [2.24, 2.45) is 0 Å². The van der Waals surface area contributed by atoms with Gasteiger partial charge in [0.1, 0.15) is 0 Å². The molecule has 1 amide bonds. The van der Waals surface area contributed by atoms with Crippen LogP contribution >= 0.6 is 23.2 Å². The van der Waals surface area contributed by atoms with E-state index in [9.17, 15) is 9.18 Å². The Morgan fingerprint density at radius 3 is 2.53 bits per heavy atom. The van der Waals surface area contributed by atoms with Crippen molar-refractivity contribution >= 4 is 40.5 Å². The van der Waals surface area contributed by atoms with E-state index in [1.165, 1.54) is 11.8 Å². The molecule has 1 aliphatic heterocycles. The number of nitrogens with one attached hydrogen (secondary N) is 2. The fourth-order valence-electron chi connectivity index (χ4n) is 3.76. The molecule has 166 valence electrons. The molecule has 8 heteroatoms. The molecule has 2 N–H and O–H groups in total. The van der Waals surface area contributed by atoms with E-state index in [-0.39, 0.29) is 10.7 Å². The first-order valence-corrected chi connectivity index (χ1v) is 11.2. The van der Waals surface area contributed by atoms with Crippen molar-refractivity contribution in [1.82, 2.24) is 9.88 Å². The monoisotopic (exact) mass is 472 g/mol. The molecule has 5 nitrogen and oxygen atoms in total. The summed E-state index contributed by atoms with van der Waals surface area (Å²) in [6.07, 6.45) is 3.27. The Bertz CT molecular complexity index is 1090. The van der Waals surface area contributed by atoms with Crippen LogP contribution in [0.15, 0.2) is 60.8 Å². The number of anilines is 2. The molecule has 0 spiro atoms. The summed E-state index contributed by atoms with van der Waals surface area (Å²) in [5, 5.41) is 6.45. The van der Waals surface area contributed by atoms with Crippen LogP contribution in [0.3, 0.4) is 0 Å². The van der Waals surface area contributed by atoms with E-state index in [1.54, 1.807) is 12.1 Å². The van der Waals surface area contributed by atoms with Gasteiger partial charge in [-0.25, -0.2) is 9.37 Å². The lowest BCUT2D eigenvalue weighted by atomic mass is 10.0. The largest absolute Gasteiger partial charge is 0.381 e. The van der Waals surface area contributed by atoms with Crippen LogP contribution in [-0.4, -0.2) is 34.9 Å². The maximum atomic E-state index is 13.5. The maximum Gasteiger partial charge on any atom is 0.257 e. The van der Waals surface area contributed by atoms with E-state index in [1.807, 2.05) is 12.1 Å². The number of nitrogens with zero attached hydrogens (tertiary/aromatic N) is 2. The van der Waals surface area contributed by atoms with Crippen LogP contribution in [0.4, 0.5) is 15.8 Å². The molecular weight excluding hydrogens is 450 g/mol. The number of aromatic nitrogens is 1. The Morgan fingerprint density at radius 2 is 1.84 bits per heavy atom. The van der Waals surface area contributed by atoms with E-state index in [2.05, 4.69) is 44.8 Å². The molecule has 0 radical (unpaired) electrons. The zero-order valence-corrected chi connectivity index (χ0v) is 18.8. The SMILES string of the molecule is O=C(Nc1ccc(NC2CCN(Cc3ccccc3)CC2)c(Cl)c1)c1cnc(Cl)c(F)c1. The predicted molar refractivity (Wildman–Crippen MR) is 127 cm³/mol. The summed E-state index contributed by atoms with van der Waals surface area (Å²) in [7, 11) is 0. The molecule has 2 heterocycles. The normalized spacial score (nSPS) is 14.8. The lowest BCUT2D eigenvalue weighted by Gasteiger charge is -2.33. The molecule has 2 aromatic carbocycles.